The van der Waals surface area contributed by atoms with Crippen molar-refractivity contribution in [1.29, 1.82) is 5.26 Å². The second-order valence-electron chi connectivity index (χ2n) is 5.72. The van der Waals surface area contributed by atoms with Crippen molar-refractivity contribution in [2.45, 2.75) is 38.8 Å². The molecule has 1 atom stereocenters. The molecule has 2 N–H and O–H groups in total. The number of nitrogens with zero attached hydrogens (tertiary/aromatic N) is 3. The summed E-state index contributed by atoms with van der Waals surface area (Å²) in [7, 11) is 0. The van der Waals surface area contributed by atoms with E-state index in [0.717, 1.165) is 23.9 Å². The number of fused-ring (bicyclic) bond motifs is 1. The van der Waals surface area contributed by atoms with Crippen LogP contribution in [0.5, 0.6) is 0 Å². The molecule has 1 saturated carbocycles. The molecule has 0 bridgehead atoms. The molecule has 4 heteroatoms. The van der Waals surface area contributed by atoms with Gasteiger partial charge in [-0.3, -0.25) is 0 Å². The molecule has 1 heterocycles. The summed E-state index contributed by atoms with van der Waals surface area (Å²) in [6.45, 7) is 4.70. The third kappa shape index (κ3) is 2.00. The van der Waals surface area contributed by atoms with Crippen LogP contribution in [-0.4, -0.2) is 15.1 Å². The summed E-state index contributed by atoms with van der Waals surface area (Å²) in [5.74, 6) is 0.335. The lowest BCUT2D eigenvalue weighted by atomic mass is 9.96. The molecule has 0 amide bonds. The molecule has 0 aliphatic heterocycles. The first kappa shape index (κ1) is 12.2. The average molecular weight is 254 g/mol. The number of aryl methyl sites for hydroxylation is 2. The van der Waals surface area contributed by atoms with Crippen LogP contribution in [0.25, 0.3) is 11.0 Å². The summed E-state index contributed by atoms with van der Waals surface area (Å²) in [5, 5.41) is 9.36. The fourth-order valence-electron chi connectivity index (χ4n) is 2.58. The first-order valence-corrected chi connectivity index (χ1v) is 6.66. The highest BCUT2D eigenvalue weighted by molar-refractivity contribution is 5.77. The minimum absolute atomic E-state index is 0.335. The van der Waals surface area contributed by atoms with Gasteiger partial charge in [0, 0.05) is 0 Å². The summed E-state index contributed by atoms with van der Waals surface area (Å²) in [4.78, 5) is 4.42. The molecule has 1 aromatic carbocycles. The summed E-state index contributed by atoms with van der Waals surface area (Å²) >= 11 is 0. The molecule has 3 rings (SSSR count). The molecule has 1 unspecified atom stereocenters. The van der Waals surface area contributed by atoms with E-state index in [1.165, 1.54) is 11.1 Å². The highest BCUT2D eigenvalue weighted by atomic mass is 15.1. The highest BCUT2D eigenvalue weighted by Crippen LogP contribution is 2.39. The Morgan fingerprint density at radius 1 is 1.42 bits per heavy atom. The Morgan fingerprint density at radius 3 is 2.74 bits per heavy atom. The van der Waals surface area contributed by atoms with Crippen molar-refractivity contribution in [2.75, 3.05) is 0 Å². The number of imidazole rings is 1. The summed E-state index contributed by atoms with van der Waals surface area (Å²) < 4.78 is 2.02. The number of benzene rings is 1. The Bertz CT molecular complexity index is 675. The van der Waals surface area contributed by atoms with Crippen LogP contribution < -0.4 is 5.73 Å². The van der Waals surface area contributed by atoms with E-state index in [0.29, 0.717) is 12.5 Å². The van der Waals surface area contributed by atoms with Crippen LogP contribution >= 0.6 is 0 Å². The van der Waals surface area contributed by atoms with Gasteiger partial charge < -0.3 is 10.3 Å². The lowest BCUT2D eigenvalue weighted by Gasteiger charge is -2.22. The molecule has 0 radical (unpaired) electrons. The number of hydrogen-bond donors (Lipinski definition) is 1. The normalized spacial score (nSPS) is 18.2. The largest absolute Gasteiger partial charge is 0.328 e. The van der Waals surface area contributed by atoms with Gasteiger partial charge in [0.05, 0.1) is 30.0 Å². The van der Waals surface area contributed by atoms with Gasteiger partial charge in [0.1, 0.15) is 5.54 Å². The van der Waals surface area contributed by atoms with E-state index in [2.05, 4.69) is 37.0 Å². The quantitative estimate of drug-likeness (QED) is 0.913. The van der Waals surface area contributed by atoms with Crippen molar-refractivity contribution < 1.29 is 0 Å². The molecule has 19 heavy (non-hydrogen) atoms. The first-order chi connectivity index (χ1) is 9.03. The topological polar surface area (TPSA) is 67.6 Å². The SMILES string of the molecule is Cc1cc2ncn(CC(N)(C#N)C3CC3)c2cc1C. The molecule has 1 aliphatic carbocycles. The predicted octanol–water partition coefficient (Wildman–Crippen LogP) is 2.28. The molecular formula is C15H18N4. The molecule has 0 spiro atoms. The number of hydrogen-bond acceptors (Lipinski definition) is 3. The Balaban J connectivity index is 2.02. The van der Waals surface area contributed by atoms with Gasteiger partial charge in [-0.1, -0.05) is 0 Å². The van der Waals surface area contributed by atoms with Crippen LogP contribution in [0.2, 0.25) is 0 Å². The van der Waals surface area contributed by atoms with Crippen LogP contribution in [0.3, 0.4) is 0 Å². The molecule has 1 aromatic heterocycles. The molecule has 1 aliphatic rings. The standard InChI is InChI=1S/C15H18N4/c1-10-5-13-14(6-11(10)2)19(9-18-13)8-15(17,7-16)12-3-4-12/h5-6,9,12H,3-4,8,17H2,1-2H3. The second kappa shape index (κ2) is 4.07. The molecule has 2 aromatic rings. The van der Waals surface area contributed by atoms with Crippen molar-refractivity contribution in [2.24, 2.45) is 11.7 Å². The fourth-order valence-corrected chi connectivity index (χ4v) is 2.58. The lowest BCUT2D eigenvalue weighted by Crippen LogP contribution is -2.44. The number of rotatable bonds is 3. The monoisotopic (exact) mass is 254 g/mol. The van der Waals surface area contributed by atoms with E-state index < -0.39 is 5.54 Å². The summed E-state index contributed by atoms with van der Waals surface area (Å²) in [6, 6.07) is 6.51. The Morgan fingerprint density at radius 2 is 2.11 bits per heavy atom. The minimum atomic E-state index is -0.758. The number of nitrogens with two attached hydrogens (primary N) is 1. The molecule has 0 saturated heterocycles. The zero-order valence-electron chi connectivity index (χ0n) is 11.3. The third-order valence-corrected chi connectivity index (χ3v) is 4.18. The van der Waals surface area contributed by atoms with Crippen molar-refractivity contribution in [3.63, 3.8) is 0 Å². The summed E-state index contributed by atoms with van der Waals surface area (Å²) in [5.41, 5.74) is 9.99. The van der Waals surface area contributed by atoms with Crippen molar-refractivity contribution in [3.8, 4) is 6.07 Å². The second-order valence-corrected chi connectivity index (χ2v) is 5.72. The lowest BCUT2D eigenvalue weighted by molar-refractivity contribution is 0.410. The third-order valence-electron chi connectivity index (χ3n) is 4.18. The van der Waals surface area contributed by atoms with Gasteiger partial charge in [0.15, 0.2) is 0 Å². The zero-order valence-corrected chi connectivity index (χ0v) is 11.3. The Labute approximate surface area is 112 Å². The average Bonchev–Trinajstić information content (AvgIpc) is 3.18. The molecule has 4 nitrogen and oxygen atoms in total. The van der Waals surface area contributed by atoms with Crippen LogP contribution in [0, 0.1) is 31.1 Å². The predicted molar refractivity (Wildman–Crippen MR) is 74.5 cm³/mol. The van der Waals surface area contributed by atoms with Gasteiger partial charge in [0.2, 0.25) is 0 Å². The van der Waals surface area contributed by atoms with Crippen molar-refractivity contribution in [3.05, 3.63) is 29.6 Å². The maximum atomic E-state index is 9.36. The first-order valence-electron chi connectivity index (χ1n) is 6.66. The zero-order chi connectivity index (χ0) is 13.6. The maximum absolute atomic E-state index is 9.36. The van der Waals surface area contributed by atoms with Gasteiger partial charge in [-0.05, 0) is 55.9 Å². The molecular weight excluding hydrogens is 236 g/mol. The van der Waals surface area contributed by atoms with E-state index in [4.69, 9.17) is 5.73 Å². The van der Waals surface area contributed by atoms with Crippen LogP contribution in [0.4, 0.5) is 0 Å². The number of aromatic nitrogens is 2. The Kier molecular flexibility index (Phi) is 2.61. The van der Waals surface area contributed by atoms with Gasteiger partial charge in [0.25, 0.3) is 0 Å². The van der Waals surface area contributed by atoms with E-state index in [1.54, 1.807) is 6.33 Å². The summed E-state index contributed by atoms with van der Waals surface area (Å²) in [6.07, 6.45) is 3.93. The van der Waals surface area contributed by atoms with Gasteiger partial charge in [-0.15, -0.1) is 0 Å². The van der Waals surface area contributed by atoms with Gasteiger partial charge >= 0.3 is 0 Å². The van der Waals surface area contributed by atoms with Gasteiger partial charge in [-0.2, -0.15) is 5.26 Å². The van der Waals surface area contributed by atoms with Crippen molar-refractivity contribution in [1.82, 2.24) is 9.55 Å². The number of nitriles is 1. The molecule has 98 valence electrons. The van der Waals surface area contributed by atoms with E-state index in [1.807, 2.05) is 4.57 Å². The fraction of sp³-hybridized carbons (Fsp3) is 0.467. The minimum Gasteiger partial charge on any atom is -0.328 e. The van der Waals surface area contributed by atoms with E-state index in [-0.39, 0.29) is 0 Å². The van der Waals surface area contributed by atoms with E-state index in [9.17, 15) is 5.26 Å². The van der Waals surface area contributed by atoms with Crippen LogP contribution in [-0.2, 0) is 6.54 Å². The van der Waals surface area contributed by atoms with Crippen molar-refractivity contribution >= 4 is 11.0 Å². The maximum Gasteiger partial charge on any atom is 0.125 e. The van der Waals surface area contributed by atoms with E-state index >= 15 is 0 Å². The smallest absolute Gasteiger partial charge is 0.125 e. The van der Waals surface area contributed by atoms with Crippen LogP contribution in [0.1, 0.15) is 24.0 Å². The van der Waals surface area contributed by atoms with Gasteiger partial charge in [-0.25, -0.2) is 4.98 Å². The highest BCUT2D eigenvalue weighted by Gasteiger charge is 2.43. The Hall–Kier alpha value is -1.86. The van der Waals surface area contributed by atoms with Crippen LogP contribution in [0.15, 0.2) is 18.5 Å². The molecule has 1 fully saturated rings.